The SMILES string of the molecule is Cc1cc(Cl)nc(-c2ccc(Cl)c(Br)c2)n1. The molecule has 16 heavy (non-hydrogen) atoms. The highest BCUT2D eigenvalue weighted by atomic mass is 79.9. The Balaban J connectivity index is 2.54. The van der Waals surface area contributed by atoms with Crippen LogP contribution in [-0.4, -0.2) is 9.97 Å². The molecule has 2 rings (SSSR count). The third-order valence-corrected chi connectivity index (χ3v) is 3.41. The van der Waals surface area contributed by atoms with Crippen LogP contribution in [0.2, 0.25) is 10.2 Å². The molecule has 0 aliphatic heterocycles. The molecule has 5 heteroatoms. The molecular formula is C11H7BrCl2N2. The summed E-state index contributed by atoms with van der Waals surface area (Å²) in [5.74, 6) is 0.599. The molecule has 0 fully saturated rings. The number of rotatable bonds is 1. The molecule has 1 aromatic heterocycles. The smallest absolute Gasteiger partial charge is 0.161 e. The summed E-state index contributed by atoms with van der Waals surface area (Å²) in [5.41, 5.74) is 1.71. The maximum atomic E-state index is 5.92. The van der Waals surface area contributed by atoms with Crippen LogP contribution in [0.4, 0.5) is 0 Å². The van der Waals surface area contributed by atoms with Gasteiger partial charge in [-0.25, -0.2) is 9.97 Å². The van der Waals surface area contributed by atoms with Gasteiger partial charge in [-0.15, -0.1) is 0 Å². The minimum Gasteiger partial charge on any atom is -0.233 e. The average Bonchev–Trinajstić information content (AvgIpc) is 2.20. The van der Waals surface area contributed by atoms with Crippen LogP contribution in [0.25, 0.3) is 11.4 Å². The van der Waals surface area contributed by atoms with Crippen molar-refractivity contribution in [2.45, 2.75) is 6.92 Å². The summed E-state index contributed by atoms with van der Waals surface area (Å²) in [6.07, 6.45) is 0. The second-order valence-electron chi connectivity index (χ2n) is 3.28. The molecule has 2 aromatic rings. The molecule has 0 N–H and O–H groups in total. The van der Waals surface area contributed by atoms with E-state index in [1.165, 1.54) is 0 Å². The van der Waals surface area contributed by atoms with E-state index in [1.54, 1.807) is 12.1 Å². The maximum absolute atomic E-state index is 5.92. The van der Waals surface area contributed by atoms with Gasteiger partial charge < -0.3 is 0 Å². The van der Waals surface area contributed by atoms with E-state index in [0.717, 1.165) is 15.7 Å². The van der Waals surface area contributed by atoms with Gasteiger partial charge in [-0.1, -0.05) is 23.2 Å². The van der Waals surface area contributed by atoms with Gasteiger partial charge >= 0.3 is 0 Å². The normalized spacial score (nSPS) is 10.5. The van der Waals surface area contributed by atoms with Gasteiger partial charge in [0, 0.05) is 15.7 Å². The number of aryl methyl sites for hydroxylation is 1. The van der Waals surface area contributed by atoms with Gasteiger partial charge in [-0.05, 0) is 47.1 Å². The first-order valence-electron chi connectivity index (χ1n) is 4.53. The standard InChI is InChI=1S/C11H7BrCl2N2/c1-6-4-10(14)16-11(15-6)7-2-3-9(13)8(12)5-7/h2-5H,1H3. The van der Waals surface area contributed by atoms with Crippen molar-refractivity contribution in [3.8, 4) is 11.4 Å². The highest BCUT2D eigenvalue weighted by Crippen LogP contribution is 2.27. The Morgan fingerprint density at radius 3 is 2.50 bits per heavy atom. The Hall–Kier alpha value is -0.640. The molecular weight excluding hydrogens is 311 g/mol. The Morgan fingerprint density at radius 2 is 1.88 bits per heavy atom. The van der Waals surface area contributed by atoms with Crippen molar-refractivity contribution in [1.82, 2.24) is 9.97 Å². The molecule has 82 valence electrons. The predicted molar refractivity (Wildman–Crippen MR) is 69.9 cm³/mol. The van der Waals surface area contributed by atoms with Crippen LogP contribution in [0.1, 0.15) is 5.69 Å². The summed E-state index contributed by atoms with van der Waals surface area (Å²) >= 11 is 15.2. The summed E-state index contributed by atoms with van der Waals surface area (Å²) < 4.78 is 0.813. The first-order chi connectivity index (χ1) is 7.56. The quantitative estimate of drug-likeness (QED) is 0.723. The molecule has 0 bridgehead atoms. The van der Waals surface area contributed by atoms with E-state index < -0.39 is 0 Å². The average molecular weight is 318 g/mol. The first kappa shape index (κ1) is 11.8. The highest BCUT2D eigenvalue weighted by molar-refractivity contribution is 9.10. The zero-order valence-electron chi connectivity index (χ0n) is 8.34. The van der Waals surface area contributed by atoms with E-state index >= 15 is 0 Å². The fourth-order valence-corrected chi connectivity index (χ4v) is 2.03. The fraction of sp³-hybridized carbons (Fsp3) is 0.0909. The van der Waals surface area contributed by atoms with Gasteiger partial charge in [0.25, 0.3) is 0 Å². The molecule has 0 saturated carbocycles. The zero-order valence-corrected chi connectivity index (χ0v) is 11.4. The van der Waals surface area contributed by atoms with Gasteiger partial charge in [-0.2, -0.15) is 0 Å². The monoisotopic (exact) mass is 316 g/mol. The Bertz CT molecular complexity index is 523. The topological polar surface area (TPSA) is 25.8 Å². The number of benzene rings is 1. The molecule has 0 amide bonds. The minimum absolute atomic E-state index is 0.438. The number of aromatic nitrogens is 2. The van der Waals surface area contributed by atoms with E-state index in [-0.39, 0.29) is 0 Å². The largest absolute Gasteiger partial charge is 0.233 e. The van der Waals surface area contributed by atoms with E-state index in [4.69, 9.17) is 23.2 Å². The van der Waals surface area contributed by atoms with Gasteiger partial charge in [-0.3, -0.25) is 0 Å². The minimum atomic E-state index is 0.438. The van der Waals surface area contributed by atoms with Crippen LogP contribution < -0.4 is 0 Å². The molecule has 0 atom stereocenters. The van der Waals surface area contributed by atoms with Crippen molar-refractivity contribution in [3.63, 3.8) is 0 Å². The molecule has 0 unspecified atom stereocenters. The van der Waals surface area contributed by atoms with E-state index in [2.05, 4.69) is 25.9 Å². The van der Waals surface area contributed by atoms with E-state index in [9.17, 15) is 0 Å². The Morgan fingerprint density at radius 1 is 1.12 bits per heavy atom. The van der Waals surface area contributed by atoms with Crippen molar-refractivity contribution < 1.29 is 0 Å². The lowest BCUT2D eigenvalue weighted by Crippen LogP contribution is -1.92. The van der Waals surface area contributed by atoms with Gasteiger partial charge in [0.05, 0.1) is 5.02 Å². The Labute approximate surface area is 112 Å². The van der Waals surface area contributed by atoms with Crippen LogP contribution in [0, 0.1) is 6.92 Å². The van der Waals surface area contributed by atoms with Crippen LogP contribution in [-0.2, 0) is 0 Å². The van der Waals surface area contributed by atoms with Gasteiger partial charge in [0.15, 0.2) is 5.82 Å². The summed E-state index contributed by atoms with van der Waals surface area (Å²) in [5, 5.41) is 1.09. The lowest BCUT2D eigenvalue weighted by Gasteiger charge is -2.03. The van der Waals surface area contributed by atoms with Crippen LogP contribution >= 0.6 is 39.1 Å². The zero-order chi connectivity index (χ0) is 11.7. The maximum Gasteiger partial charge on any atom is 0.161 e. The van der Waals surface area contributed by atoms with Crippen molar-refractivity contribution in [2.24, 2.45) is 0 Å². The third kappa shape index (κ3) is 2.54. The van der Waals surface area contributed by atoms with Gasteiger partial charge in [0.1, 0.15) is 5.15 Å². The molecule has 2 nitrogen and oxygen atoms in total. The number of hydrogen-bond acceptors (Lipinski definition) is 2. The van der Waals surface area contributed by atoms with E-state index in [0.29, 0.717) is 16.0 Å². The predicted octanol–water partition coefficient (Wildman–Crippen LogP) is 4.52. The Kier molecular flexibility index (Phi) is 3.47. The third-order valence-electron chi connectivity index (χ3n) is 2.00. The summed E-state index contributed by atoms with van der Waals surface area (Å²) in [6, 6.07) is 7.24. The summed E-state index contributed by atoms with van der Waals surface area (Å²) in [7, 11) is 0. The van der Waals surface area contributed by atoms with E-state index in [1.807, 2.05) is 19.1 Å². The molecule has 0 aliphatic rings. The molecule has 0 aliphatic carbocycles. The number of halogens is 3. The second-order valence-corrected chi connectivity index (χ2v) is 4.93. The molecule has 1 heterocycles. The number of hydrogen-bond donors (Lipinski definition) is 0. The molecule has 0 saturated heterocycles. The lowest BCUT2D eigenvalue weighted by atomic mass is 10.2. The summed E-state index contributed by atoms with van der Waals surface area (Å²) in [6.45, 7) is 1.88. The lowest BCUT2D eigenvalue weighted by molar-refractivity contribution is 1.11. The van der Waals surface area contributed by atoms with Crippen LogP contribution in [0.3, 0.4) is 0 Å². The summed E-state index contributed by atoms with van der Waals surface area (Å²) in [4.78, 5) is 8.48. The molecule has 0 spiro atoms. The van der Waals surface area contributed by atoms with Gasteiger partial charge in [0.2, 0.25) is 0 Å². The molecule has 0 radical (unpaired) electrons. The first-order valence-corrected chi connectivity index (χ1v) is 6.08. The van der Waals surface area contributed by atoms with Crippen molar-refractivity contribution in [2.75, 3.05) is 0 Å². The van der Waals surface area contributed by atoms with Crippen molar-refractivity contribution in [1.29, 1.82) is 0 Å². The van der Waals surface area contributed by atoms with Crippen molar-refractivity contribution in [3.05, 3.63) is 44.6 Å². The van der Waals surface area contributed by atoms with Crippen LogP contribution in [0.15, 0.2) is 28.7 Å². The number of nitrogens with zero attached hydrogens (tertiary/aromatic N) is 2. The van der Waals surface area contributed by atoms with Crippen LogP contribution in [0.5, 0.6) is 0 Å². The van der Waals surface area contributed by atoms with Crippen molar-refractivity contribution >= 4 is 39.1 Å². The second kappa shape index (κ2) is 4.70. The fourth-order valence-electron chi connectivity index (χ4n) is 1.29. The highest BCUT2D eigenvalue weighted by Gasteiger charge is 2.06. The molecule has 1 aromatic carbocycles.